The van der Waals surface area contributed by atoms with Crippen LogP contribution in [0.3, 0.4) is 0 Å². The molecule has 1 saturated carbocycles. The second kappa shape index (κ2) is 2.24. The summed E-state index contributed by atoms with van der Waals surface area (Å²) in [5.41, 5.74) is 1.17. The molecule has 2 aliphatic rings. The first-order valence-corrected chi connectivity index (χ1v) is 4.48. The Bertz CT molecular complexity index is 188. The fourth-order valence-corrected chi connectivity index (χ4v) is 2.51. The molecular weight excluding hydrogens is 136 g/mol. The summed E-state index contributed by atoms with van der Waals surface area (Å²) >= 11 is 0. The van der Waals surface area contributed by atoms with Crippen molar-refractivity contribution in [1.82, 2.24) is 5.01 Å². The average Bonchev–Trinajstić information content (AvgIpc) is 2.09. The van der Waals surface area contributed by atoms with E-state index in [1.54, 1.807) is 0 Å². The first-order chi connectivity index (χ1) is 5.25. The van der Waals surface area contributed by atoms with Gasteiger partial charge in [0.1, 0.15) is 0 Å². The monoisotopic (exact) mass is 152 g/mol. The Hall–Kier alpha value is -0.500. The summed E-state index contributed by atoms with van der Waals surface area (Å²) in [7, 11) is 0. The fourth-order valence-electron chi connectivity index (χ4n) is 2.51. The highest BCUT2D eigenvalue weighted by atomic mass is 15.4. The van der Waals surface area contributed by atoms with E-state index in [0.717, 1.165) is 5.92 Å². The predicted molar refractivity (Wildman–Crippen MR) is 45.5 cm³/mol. The zero-order chi connectivity index (χ0) is 8.01. The highest BCUT2D eigenvalue weighted by molar-refractivity contribution is 5.15. The molecule has 2 unspecified atom stereocenters. The Morgan fingerprint density at radius 1 is 1.64 bits per heavy atom. The molecule has 0 bridgehead atoms. The molecular formula is C9H16N2. The van der Waals surface area contributed by atoms with Crippen LogP contribution in [0.5, 0.6) is 0 Å². The third-order valence-electron chi connectivity index (χ3n) is 3.36. The van der Waals surface area contributed by atoms with Gasteiger partial charge in [-0.25, -0.2) is 5.84 Å². The van der Waals surface area contributed by atoms with Gasteiger partial charge in [-0.3, -0.25) is 0 Å². The van der Waals surface area contributed by atoms with Crippen molar-refractivity contribution < 1.29 is 0 Å². The Labute approximate surface area is 68.0 Å². The molecule has 0 amide bonds. The normalized spacial score (nSPS) is 42.2. The standard InChI is InChI=1S/C9H16N2/c1-3-7-6(2)11(10)9-5-4-8(7)9/h7-9H,2-5,10H2,1H3/t7?,8?,9-/m1/s1. The molecule has 2 N–H and O–H groups in total. The lowest BCUT2D eigenvalue weighted by Crippen LogP contribution is -2.42. The molecule has 2 rings (SSSR count). The van der Waals surface area contributed by atoms with E-state index in [1.165, 1.54) is 25.0 Å². The van der Waals surface area contributed by atoms with Gasteiger partial charge in [0.25, 0.3) is 0 Å². The molecule has 1 saturated heterocycles. The number of hydrazine groups is 1. The summed E-state index contributed by atoms with van der Waals surface area (Å²) in [6.45, 7) is 6.26. The van der Waals surface area contributed by atoms with E-state index >= 15 is 0 Å². The molecule has 0 aromatic carbocycles. The predicted octanol–water partition coefficient (Wildman–Crippen LogP) is 1.49. The molecule has 2 heteroatoms. The molecule has 0 spiro atoms. The van der Waals surface area contributed by atoms with Crippen LogP contribution in [0.4, 0.5) is 0 Å². The second-order valence-electron chi connectivity index (χ2n) is 3.72. The van der Waals surface area contributed by atoms with E-state index in [0.29, 0.717) is 12.0 Å². The van der Waals surface area contributed by atoms with Gasteiger partial charge in [-0.1, -0.05) is 13.5 Å². The molecule has 62 valence electrons. The van der Waals surface area contributed by atoms with Gasteiger partial charge in [-0.05, 0) is 25.2 Å². The van der Waals surface area contributed by atoms with Crippen LogP contribution >= 0.6 is 0 Å². The number of nitrogens with two attached hydrogens (primary N) is 1. The minimum Gasteiger partial charge on any atom is -0.312 e. The van der Waals surface area contributed by atoms with Crippen LogP contribution in [0.25, 0.3) is 0 Å². The number of nitrogens with zero attached hydrogens (tertiary/aromatic N) is 1. The van der Waals surface area contributed by atoms with Crippen molar-refractivity contribution in [2.45, 2.75) is 32.2 Å². The van der Waals surface area contributed by atoms with E-state index < -0.39 is 0 Å². The van der Waals surface area contributed by atoms with Crippen LogP contribution in [0.1, 0.15) is 26.2 Å². The highest BCUT2D eigenvalue weighted by Gasteiger charge is 2.47. The van der Waals surface area contributed by atoms with Gasteiger partial charge in [0.2, 0.25) is 0 Å². The zero-order valence-corrected chi connectivity index (χ0v) is 7.09. The fraction of sp³-hybridized carbons (Fsp3) is 0.778. The summed E-state index contributed by atoms with van der Waals surface area (Å²) in [5.74, 6) is 7.37. The molecule has 3 atom stereocenters. The van der Waals surface area contributed by atoms with Crippen LogP contribution < -0.4 is 5.84 Å². The van der Waals surface area contributed by atoms with Crippen LogP contribution in [0.15, 0.2) is 12.3 Å². The summed E-state index contributed by atoms with van der Waals surface area (Å²) < 4.78 is 0. The summed E-state index contributed by atoms with van der Waals surface area (Å²) in [6.07, 6.45) is 3.83. The van der Waals surface area contributed by atoms with Crippen molar-refractivity contribution in [2.75, 3.05) is 0 Å². The lowest BCUT2D eigenvalue weighted by molar-refractivity contribution is 0.141. The van der Waals surface area contributed by atoms with Crippen molar-refractivity contribution in [2.24, 2.45) is 17.7 Å². The molecule has 1 aliphatic carbocycles. The average molecular weight is 152 g/mol. The van der Waals surface area contributed by atoms with Crippen molar-refractivity contribution in [3.8, 4) is 0 Å². The number of hydrogen-bond acceptors (Lipinski definition) is 2. The van der Waals surface area contributed by atoms with Crippen LogP contribution in [0, 0.1) is 11.8 Å². The second-order valence-corrected chi connectivity index (χ2v) is 3.72. The topological polar surface area (TPSA) is 29.3 Å². The summed E-state index contributed by atoms with van der Waals surface area (Å²) in [5, 5.41) is 1.91. The largest absolute Gasteiger partial charge is 0.312 e. The van der Waals surface area contributed by atoms with Gasteiger partial charge in [0.15, 0.2) is 0 Å². The molecule has 2 fully saturated rings. The van der Waals surface area contributed by atoms with E-state index in [1.807, 2.05) is 5.01 Å². The maximum absolute atomic E-state index is 5.86. The van der Waals surface area contributed by atoms with Crippen molar-refractivity contribution in [3.05, 3.63) is 12.3 Å². The van der Waals surface area contributed by atoms with Gasteiger partial charge in [0.05, 0.1) is 0 Å². The first kappa shape index (κ1) is 7.17. The number of hydrogen-bond donors (Lipinski definition) is 1. The minimum absolute atomic E-state index is 0.632. The van der Waals surface area contributed by atoms with Gasteiger partial charge >= 0.3 is 0 Å². The highest BCUT2D eigenvalue weighted by Crippen LogP contribution is 2.48. The Balaban J connectivity index is 2.18. The van der Waals surface area contributed by atoms with Crippen molar-refractivity contribution in [3.63, 3.8) is 0 Å². The van der Waals surface area contributed by atoms with Gasteiger partial charge < -0.3 is 5.01 Å². The third-order valence-corrected chi connectivity index (χ3v) is 3.36. The Morgan fingerprint density at radius 3 is 2.64 bits per heavy atom. The zero-order valence-electron chi connectivity index (χ0n) is 7.09. The molecule has 11 heavy (non-hydrogen) atoms. The summed E-state index contributed by atoms with van der Waals surface area (Å²) in [6, 6.07) is 0.632. The molecule has 1 heterocycles. The van der Waals surface area contributed by atoms with Crippen molar-refractivity contribution in [1.29, 1.82) is 0 Å². The van der Waals surface area contributed by atoms with E-state index in [2.05, 4.69) is 13.5 Å². The van der Waals surface area contributed by atoms with E-state index in [9.17, 15) is 0 Å². The summed E-state index contributed by atoms with van der Waals surface area (Å²) in [4.78, 5) is 0. The number of allylic oxidation sites excluding steroid dienone is 1. The van der Waals surface area contributed by atoms with E-state index in [4.69, 9.17) is 5.84 Å². The molecule has 0 aromatic rings. The van der Waals surface area contributed by atoms with Crippen molar-refractivity contribution >= 4 is 0 Å². The van der Waals surface area contributed by atoms with Gasteiger partial charge in [0, 0.05) is 17.7 Å². The minimum atomic E-state index is 0.632. The number of rotatable bonds is 1. The lowest BCUT2D eigenvalue weighted by atomic mass is 9.74. The molecule has 2 nitrogen and oxygen atoms in total. The smallest absolute Gasteiger partial charge is 0.0483 e. The Kier molecular flexibility index (Phi) is 1.46. The van der Waals surface area contributed by atoms with Crippen LogP contribution in [-0.2, 0) is 0 Å². The van der Waals surface area contributed by atoms with E-state index in [-0.39, 0.29) is 0 Å². The van der Waals surface area contributed by atoms with Gasteiger partial charge in [-0.15, -0.1) is 0 Å². The first-order valence-electron chi connectivity index (χ1n) is 4.48. The SMILES string of the molecule is C=C1C(CC)C2CC[C@H]2N1N. The maximum atomic E-state index is 5.86. The molecule has 0 radical (unpaired) electrons. The lowest BCUT2D eigenvalue weighted by Gasteiger charge is -2.35. The third kappa shape index (κ3) is 0.761. The van der Waals surface area contributed by atoms with Gasteiger partial charge in [-0.2, -0.15) is 0 Å². The maximum Gasteiger partial charge on any atom is 0.0483 e. The molecule has 0 aromatic heterocycles. The molecule has 1 aliphatic heterocycles. The van der Waals surface area contributed by atoms with Crippen LogP contribution in [-0.4, -0.2) is 11.1 Å². The number of fused-ring (bicyclic) bond motifs is 1. The Morgan fingerprint density at radius 2 is 2.36 bits per heavy atom. The van der Waals surface area contributed by atoms with Crippen LogP contribution in [0.2, 0.25) is 0 Å². The quantitative estimate of drug-likeness (QED) is 0.577.